The van der Waals surface area contributed by atoms with Gasteiger partial charge in [-0.15, -0.1) is 5.59 Å². The first-order valence-corrected chi connectivity index (χ1v) is 4.58. The van der Waals surface area contributed by atoms with Crippen molar-refractivity contribution in [2.24, 2.45) is 0 Å². The fourth-order valence-corrected chi connectivity index (χ4v) is 1.05. The predicted molar refractivity (Wildman–Crippen MR) is 54.2 cm³/mol. The third kappa shape index (κ3) is 3.05. The molecular weight excluding hydrogens is 164 g/mol. The number of para-hydroxylation sites is 1. The summed E-state index contributed by atoms with van der Waals surface area (Å²) in [5.74, 6) is 0. The Labute approximate surface area is 79.2 Å². The maximum absolute atomic E-state index is 5.12. The average molecular weight is 180 g/mol. The quantitative estimate of drug-likeness (QED) is 0.701. The summed E-state index contributed by atoms with van der Waals surface area (Å²) >= 11 is 0. The lowest BCUT2D eigenvalue weighted by molar-refractivity contribution is 0.0437. The molecule has 0 atom stereocenters. The van der Waals surface area contributed by atoms with Gasteiger partial charge >= 0.3 is 0 Å². The minimum absolute atomic E-state index is 0.656. The maximum atomic E-state index is 5.12. The molecule has 0 amide bonds. The Kier molecular flexibility index (Phi) is 4.29. The van der Waals surface area contributed by atoms with Gasteiger partial charge in [0.2, 0.25) is 0 Å². The van der Waals surface area contributed by atoms with Gasteiger partial charge in [-0.3, -0.25) is 9.85 Å². The summed E-state index contributed by atoms with van der Waals surface area (Å²) in [5, 5.41) is 1.95. The molecule has 0 aliphatic rings. The van der Waals surface area contributed by atoms with Gasteiger partial charge in [0, 0.05) is 6.54 Å². The summed E-state index contributed by atoms with van der Waals surface area (Å²) < 4.78 is 0. The zero-order chi connectivity index (χ0) is 9.52. The minimum Gasteiger partial charge on any atom is -0.286 e. The van der Waals surface area contributed by atoms with Gasteiger partial charge in [-0.25, -0.2) is 0 Å². The number of hydrazine groups is 1. The summed E-state index contributed by atoms with van der Waals surface area (Å²) in [6.45, 7) is 5.54. The summed E-state index contributed by atoms with van der Waals surface area (Å²) in [7, 11) is 0. The van der Waals surface area contributed by atoms with Crippen LogP contribution in [0.3, 0.4) is 0 Å². The predicted octanol–water partition coefficient (Wildman–Crippen LogP) is 1.97. The Hall–Kier alpha value is -1.06. The van der Waals surface area contributed by atoms with E-state index in [9.17, 15) is 0 Å². The first kappa shape index (κ1) is 10.0. The Morgan fingerprint density at radius 2 is 1.92 bits per heavy atom. The van der Waals surface area contributed by atoms with E-state index in [1.807, 2.05) is 42.3 Å². The zero-order valence-electron chi connectivity index (χ0n) is 8.16. The molecule has 1 aromatic carbocycles. The lowest BCUT2D eigenvalue weighted by Crippen LogP contribution is -2.37. The van der Waals surface area contributed by atoms with E-state index in [2.05, 4.69) is 12.5 Å². The third-order valence-corrected chi connectivity index (χ3v) is 1.70. The lowest BCUT2D eigenvalue weighted by Gasteiger charge is -2.22. The van der Waals surface area contributed by atoms with E-state index in [4.69, 9.17) is 4.84 Å². The van der Waals surface area contributed by atoms with Gasteiger partial charge in [0.05, 0.1) is 12.3 Å². The number of nitrogens with zero attached hydrogens (tertiary/aromatic N) is 1. The molecule has 0 aliphatic heterocycles. The normalized spacial score (nSPS) is 10.0. The molecule has 0 fully saturated rings. The number of benzene rings is 1. The SMILES string of the molecule is CCONN(CC)c1ccccc1. The van der Waals surface area contributed by atoms with Crippen LogP contribution in [0.15, 0.2) is 30.3 Å². The summed E-state index contributed by atoms with van der Waals surface area (Å²) in [6, 6.07) is 10.1. The highest BCUT2D eigenvalue weighted by atomic mass is 16.7. The molecule has 0 aliphatic carbocycles. The summed E-state index contributed by atoms with van der Waals surface area (Å²) in [5.41, 5.74) is 3.98. The van der Waals surface area contributed by atoms with Crippen molar-refractivity contribution in [3.8, 4) is 0 Å². The van der Waals surface area contributed by atoms with Crippen molar-refractivity contribution in [1.82, 2.24) is 5.59 Å². The molecule has 0 saturated carbocycles. The van der Waals surface area contributed by atoms with Crippen molar-refractivity contribution in [3.05, 3.63) is 30.3 Å². The van der Waals surface area contributed by atoms with E-state index >= 15 is 0 Å². The first-order chi connectivity index (χ1) is 6.38. The minimum atomic E-state index is 0.656. The van der Waals surface area contributed by atoms with Crippen molar-refractivity contribution in [1.29, 1.82) is 0 Å². The topological polar surface area (TPSA) is 24.5 Å². The Morgan fingerprint density at radius 1 is 1.23 bits per heavy atom. The van der Waals surface area contributed by atoms with Crippen LogP contribution in [0.5, 0.6) is 0 Å². The van der Waals surface area contributed by atoms with Gasteiger partial charge in [0.1, 0.15) is 0 Å². The molecule has 72 valence electrons. The molecule has 0 aromatic heterocycles. The van der Waals surface area contributed by atoms with Crippen molar-refractivity contribution < 1.29 is 4.84 Å². The van der Waals surface area contributed by atoms with Gasteiger partial charge in [-0.2, -0.15) is 0 Å². The fraction of sp³-hybridized carbons (Fsp3) is 0.400. The average Bonchev–Trinajstić information content (AvgIpc) is 2.21. The largest absolute Gasteiger partial charge is 0.286 e. The van der Waals surface area contributed by atoms with Crippen molar-refractivity contribution in [2.45, 2.75) is 13.8 Å². The van der Waals surface area contributed by atoms with Gasteiger partial charge in [0.15, 0.2) is 0 Å². The highest BCUT2D eigenvalue weighted by molar-refractivity contribution is 5.44. The number of hydrogen-bond acceptors (Lipinski definition) is 3. The molecule has 3 nitrogen and oxygen atoms in total. The van der Waals surface area contributed by atoms with Gasteiger partial charge < -0.3 is 0 Å². The zero-order valence-corrected chi connectivity index (χ0v) is 8.16. The van der Waals surface area contributed by atoms with Crippen LogP contribution >= 0.6 is 0 Å². The second kappa shape index (κ2) is 5.56. The highest BCUT2D eigenvalue weighted by Crippen LogP contribution is 2.09. The monoisotopic (exact) mass is 180 g/mol. The van der Waals surface area contributed by atoms with E-state index < -0.39 is 0 Å². The van der Waals surface area contributed by atoms with Gasteiger partial charge in [0.25, 0.3) is 0 Å². The standard InChI is InChI=1S/C10H16N2O/c1-3-12(11-13-4-2)10-8-6-5-7-9-10/h5-9,11H,3-4H2,1-2H3. The molecule has 0 spiro atoms. The molecule has 1 rings (SSSR count). The molecule has 3 heteroatoms. The van der Waals surface area contributed by atoms with Crippen LogP contribution < -0.4 is 10.6 Å². The van der Waals surface area contributed by atoms with Gasteiger partial charge in [-0.1, -0.05) is 18.2 Å². The first-order valence-electron chi connectivity index (χ1n) is 4.58. The molecule has 0 heterocycles. The van der Waals surface area contributed by atoms with Crippen LogP contribution in [0, 0.1) is 0 Å². The molecule has 13 heavy (non-hydrogen) atoms. The summed E-state index contributed by atoms with van der Waals surface area (Å²) in [6.07, 6.45) is 0. The Balaban J connectivity index is 2.56. The van der Waals surface area contributed by atoms with Crippen LogP contribution in [0.1, 0.15) is 13.8 Å². The third-order valence-electron chi connectivity index (χ3n) is 1.70. The number of hydrogen-bond donors (Lipinski definition) is 1. The van der Waals surface area contributed by atoms with E-state index in [1.54, 1.807) is 0 Å². The number of anilines is 1. The van der Waals surface area contributed by atoms with Crippen molar-refractivity contribution in [3.63, 3.8) is 0 Å². The van der Waals surface area contributed by atoms with Crippen LogP contribution in [0.25, 0.3) is 0 Å². The van der Waals surface area contributed by atoms with Crippen molar-refractivity contribution >= 4 is 5.69 Å². The highest BCUT2D eigenvalue weighted by Gasteiger charge is 2.00. The number of nitrogens with one attached hydrogen (secondary N) is 1. The van der Waals surface area contributed by atoms with Crippen LogP contribution in [0.4, 0.5) is 5.69 Å². The Bertz CT molecular complexity index is 226. The van der Waals surface area contributed by atoms with Gasteiger partial charge in [-0.05, 0) is 26.0 Å². The molecule has 0 bridgehead atoms. The smallest absolute Gasteiger partial charge is 0.0675 e. The molecule has 0 saturated heterocycles. The maximum Gasteiger partial charge on any atom is 0.0675 e. The Morgan fingerprint density at radius 3 is 2.46 bits per heavy atom. The second-order valence-corrected chi connectivity index (χ2v) is 2.60. The van der Waals surface area contributed by atoms with E-state index in [0.717, 1.165) is 12.2 Å². The fourth-order valence-electron chi connectivity index (χ4n) is 1.05. The molecule has 1 aromatic rings. The lowest BCUT2D eigenvalue weighted by atomic mass is 10.3. The molecule has 1 N–H and O–H groups in total. The number of rotatable bonds is 5. The van der Waals surface area contributed by atoms with E-state index in [-0.39, 0.29) is 0 Å². The summed E-state index contributed by atoms with van der Waals surface area (Å²) in [4.78, 5) is 5.12. The molecule has 0 radical (unpaired) electrons. The van der Waals surface area contributed by atoms with Crippen molar-refractivity contribution in [2.75, 3.05) is 18.2 Å². The van der Waals surface area contributed by atoms with E-state index in [0.29, 0.717) is 6.61 Å². The van der Waals surface area contributed by atoms with Crippen LogP contribution in [-0.4, -0.2) is 13.2 Å². The molecule has 0 unspecified atom stereocenters. The second-order valence-electron chi connectivity index (χ2n) is 2.60. The van der Waals surface area contributed by atoms with Crippen LogP contribution in [-0.2, 0) is 4.84 Å². The van der Waals surface area contributed by atoms with E-state index in [1.165, 1.54) is 0 Å². The molecular formula is C10H16N2O. The van der Waals surface area contributed by atoms with Crippen LogP contribution in [0.2, 0.25) is 0 Å².